The molecule has 0 saturated heterocycles. The van der Waals surface area contributed by atoms with Crippen LogP contribution in [0.15, 0.2) is 33.4 Å². The van der Waals surface area contributed by atoms with E-state index in [0.717, 1.165) is 15.9 Å². The smallest absolute Gasteiger partial charge is 0.129 e. The van der Waals surface area contributed by atoms with Gasteiger partial charge >= 0.3 is 0 Å². The molecule has 0 radical (unpaired) electrons. The molecule has 0 saturated carbocycles. The maximum absolute atomic E-state index is 13.8. The van der Waals surface area contributed by atoms with Crippen molar-refractivity contribution in [3.63, 3.8) is 0 Å². The van der Waals surface area contributed by atoms with Crippen LogP contribution in [0.5, 0.6) is 0 Å². The minimum Gasteiger partial charge on any atom is -0.388 e. The number of hydrogen-bond acceptors (Lipinski definition) is 3. The maximum atomic E-state index is 13.8. The van der Waals surface area contributed by atoms with E-state index in [1.165, 1.54) is 17.4 Å². The first-order valence-electron chi connectivity index (χ1n) is 5.60. The molecule has 2 rings (SSSR count). The van der Waals surface area contributed by atoms with Crippen molar-refractivity contribution in [2.75, 3.05) is 6.54 Å². The highest BCUT2D eigenvalue weighted by Crippen LogP contribution is 2.35. The van der Waals surface area contributed by atoms with Gasteiger partial charge in [0.25, 0.3) is 0 Å². The van der Waals surface area contributed by atoms with Crippen molar-refractivity contribution in [3.05, 3.63) is 56.2 Å². The van der Waals surface area contributed by atoms with E-state index in [-0.39, 0.29) is 12.1 Å². The summed E-state index contributed by atoms with van der Waals surface area (Å²) in [4.78, 5) is 0. The van der Waals surface area contributed by atoms with Crippen molar-refractivity contribution in [1.29, 1.82) is 0 Å². The highest BCUT2D eigenvalue weighted by atomic mass is 79.9. The Labute approximate surface area is 122 Å². The van der Waals surface area contributed by atoms with Gasteiger partial charge in [0, 0.05) is 18.5 Å². The number of nitrogens with two attached hydrogens (primary N) is 1. The molecule has 0 amide bonds. The van der Waals surface area contributed by atoms with Crippen LogP contribution in [0.4, 0.5) is 8.78 Å². The van der Waals surface area contributed by atoms with E-state index in [4.69, 9.17) is 5.73 Å². The van der Waals surface area contributed by atoms with Gasteiger partial charge in [-0.3, -0.25) is 0 Å². The van der Waals surface area contributed by atoms with Crippen molar-refractivity contribution in [2.45, 2.75) is 12.0 Å². The van der Waals surface area contributed by atoms with Crippen molar-refractivity contribution < 1.29 is 13.9 Å². The summed E-state index contributed by atoms with van der Waals surface area (Å²) in [6.07, 6.45) is -0.924. The van der Waals surface area contributed by atoms with Crippen LogP contribution < -0.4 is 5.73 Å². The highest BCUT2D eigenvalue weighted by molar-refractivity contribution is 9.11. The van der Waals surface area contributed by atoms with Gasteiger partial charge in [-0.05, 0) is 44.6 Å². The van der Waals surface area contributed by atoms with Gasteiger partial charge in [0.2, 0.25) is 0 Å². The zero-order chi connectivity index (χ0) is 14.0. The topological polar surface area (TPSA) is 46.2 Å². The van der Waals surface area contributed by atoms with Crippen LogP contribution in [-0.2, 0) is 0 Å². The Morgan fingerprint density at radius 2 is 2.05 bits per heavy atom. The van der Waals surface area contributed by atoms with E-state index in [9.17, 15) is 13.9 Å². The number of halogens is 3. The summed E-state index contributed by atoms with van der Waals surface area (Å²) < 4.78 is 27.5. The summed E-state index contributed by atoms with van der Waals surface area (Å²) in [5, 5.41) is 12.1. The standard InChI is InChI=1S/C13H12BrF2NOS/c14-12-3-7(6-19-12)13(18)10(5-17)9-2-1-8(15)4-11(9)16/h1-4,6,10,13,18H,5,17H2. The Hall–Kier alpha value is -0.820. The Morgan fingerprint density at radius 3 is 2.58 bits per heavy atom. The number of thiophene rings is 1. The summed E-state index contributed by atoms with van der Waals surface area (Å²) in [5.41, 5.74) is 6.51. The summed E-state index contributed by atoms with van der Waals surface area (Å²) in [6.45, 7) is 0.0667. The molecular weight excluding hydrogens is 336 g/mol. The predicted molar refractivity (Wildman–Crippen MR) is 75.1 cm³/mol. The maximum Gasteiger partial charge on any atom is 0.129 e. The molecule has 1 aromatic carbocycles. The van der Waals surface area contributed by atoms with Gasteiger partial charge in [-0.1, -0.05) is 6.07 Å². The highest BCUT2D eigenvalue weighted by Gasteiger charge is 2.25. The van der Waals surface area contributed by atoms with E-state index in [2.05, 4.69) is 15.9 Å². The normalized spacial score (nSPS) is 14.4. The minimum absolute atomic E-state index is 0.0667. The molecule has 1 heterocycles. The molecule has 0 aliphatic heterocycles. The van der Waals surface area contributed by atoms with E-state index >= 15 is 0 Å². The molecule has 0 fully saturated rings. The van der Waals surface area contributed by atoms with Gasteiger partial charge in [-0.25, -0.2) is 8.78 Å². The molecular formula is C13H12BrF2NOS. The molecule has 3 N–H and O–H groups in total. The monoisotopic (exact) mass is 347 g/mol. The first-order valence-corrected chi connectivity index (χ1v) is 7.27. The van der Waals surface area contributed by atoms with E-state index in [1.807, 2.05) is 0 Å². The lowest BCUT2D eigenvalue weighted by molar-refractivity contribution is 0.146. The molecule has 2 nitrogen and oxygen atoms in total. The lowest BCUT2D eigenvalue weighted by Gasteiger charge is -2.21. The fourth-order valence-electron chi connectivity index (χ4n) is 1.94. The van der Waals surface area contributed by atoms with Gasteiger partial charge in [0.05, 0.1) is 9.89 Å². The van der Waals surface area contributed by atoms with Crippen LogP contribution in [0.2, 0.25) is 0 Å². The van der Waals surface area contributed by atoms with E-state index < -0.39 is 23.7 Å². The predicted octanol–water partition coefficient (Wildman–Crippen LogP) is 3.56. The molecule has 2 unspecified atom stereocenters. The molecule has 1 aromatic heterocycles. The van der Waals surface area contributed by atoms with E-state index in [1.54, 1.807) is 11.4 Å². The zero-order valence-corrected chi connectivity index (χ0v) is 12.2. The third-order valence-electron chi connectivity index (χ3n) is 2.93. The van der Waals surface area contributed by atoms with Gasteiger partial charge in [-0.15, -0.1) is 11.3 Å². The molecule has 0 aliphatic carbocycles. The largest absolute Gasteiger partial charge is 0.388 e. The van der Waals surface area contributed by atoms with Gasteiger partial charge in [-0.2, -0.15) is 0 Å². The fraction of sp³-hybridized carbons (Fsp3) is 0.231. The molecule has 6 heteroatoms. The van der Waals surface area contributed by atoms with E-state index in [0.29, 0.717) is 5.56 Å². The molecule has 19 heavy (non-hydrogen) atoms. The quantitative estimate of drug-likeness (QED) is 0.888. The zero-order valence-electron chi connectivity index (χ0n) is 9.82. The lowest BCUT2D eigenvalue weighted by Crippen LogP contribution is -2.21. The van der Waals surface area contributed by atoms with Gasteiger partial charge in [0.15, 0.2) is 0 Å². The van der Waals surface area contributed by atoms with Crippen LogP contribution >= 0.6 is 27.3 Å². The third kappa shape index (κ3) is 3.20. The Bertz CT molecular complexity index is 576. The Balaban J connectivity index is 2.33. The minimum atomic E-state index is -0.924. The average Bonchev–Trinajstić information content (AvgIpc) is 2.79. The Kier molecular flexibility index (Phi) is 4.67. The third-order valence-corrected chi connectivity index (χ3v) is 4.45. The molecule has 2 aromatic rings. The molecule has 2 atom stereocenters. The Morgan fingerprint density at radius 1 is 1.32 bits per heavy atom. The first kappa shape index (κ1) is 14.6. The van der Waals surface area contributed by atoms with Crippen LogP contribution in [0, 0.1) is 11.6 Å². The number of aliphatic hydroxyl groups is 1. The second kappa shape index (κ2) is 6.09. The number of benzene rings is 1. The lowest BCUT2D eigenvalue weighted by atomic mass is 9.90. The number of rotatable bonds is 4. The second-order valence-electron chi connectivity index (χ2n) is 4.14. The number of aliphatic hydroxyl groups excluding tert-OH is 1. The van der Waals surface area contributed by atoms with Crippen LogP contribution in [0.1, 0.15) is 23.1 Å². The van der Waals surface area contributed by atoms with Crippen molar-refractivity contribution >= 4 is 27.3 Å². The van der Waals surface area contributed by atoms with Gasteiger partial charge in [0.1, 0.15) is 11.6 Å². The average molecular weight is 348 g/mol. The second-order valence-corrected chi connectivity index (χ2v) is 6.43. The van der Waals surface area contributed by atoms with Crippen LogP contribution in [0.25, 0.3) is 0 Å². The summed E-state index contributed by atoms with van der Waals surface area (Å²) >= 11 is 4.73. The molecule has 102 valence electrons. The van der Waals surface area contributed by atoms with Crippen molar-refractivity contribution in [1.82, 2.24) is 0 Å². The van der Waals surface area contributed by atoms with Crippen molar-refractivity contribution in [2.24, 2.45) is 5.73 Å². The summed E-state index contributed by atoms with van der Waals surface area (Å²) in [7, 11) is 0. The van der Waals surface area contributed by atoms with Crippen LogP contribution in [-0.4, -0.2) is 11.7 Å². The van der Waals surface area contributed by atoms with Gasteiger partial charge < -0.3 is 10.8 Å². The molecule has 0 aliphatic rings. The molecule has 0 bridgehead atoms. The summed E-state index contributed by atoms with van der Waals surface area (Å²) in [6, 6.07) is 5.05. The molecule has 0 spiro atoms. The van der Waals surface area contributed by atoms with Crippen molar-refractivity contribution in [3.8, 4) is 0 Å². The fourth-order valence-corrected chi connectivity index (χ4v) is 3.14. The number of hydrogen-bond donors (Lipinski definition) is 2. The summed E-state index contributed by atoms with van der Waals surface area (Å²) in [5.74, 6) is -1.95. The SMILES string of the molecule is NCC(c1ccc(F)cc1F)C(O)c1csc(Br)c1. The van der Waals surface area contributed by atoms with Crippen LogP contribution in [0.3, 0.4) is 0 Å². The first-order chi connectivity index (χ1) is 9.02.